The molecule has 3 rings (SSSR count). The average molecular weight is 336 g/mol. The Morgan fingerprint density at radius 1 is 0.960 bits per heavy atom. The third-order valence-electron chi connectivity index (χ3n) is 3.64. The van der Waals surface area contributed by atoms with Gasteiger partial charge in [-0.1, -0.05) is 35.9 Å². The maximum Gasteiger partial charge on any atom is 0.256 e. The van der Waals surface area contributed by atoms with Gasteiger partial charge in [-0.2, -0.15) is 0 Å². The number of amides is 1. The lowest BCUT2D eigenvalue weighted by molar-refractivity contribution is 0.102. The first-order valence-corrected chi connectivity index (χ1v) is 7.81. The standard InChI is InChI=1S/C19H17FN4O/c1-13-6-8-14(9-7-13)19(25)22-18-11-10-17(23-24-18)21-12-15-4-2-3-5-16(15)20/h2-11H,12H2,1H3,(H,21,23)(H,22,24,25). The number of hydrogen-bond acceptors (Lipinski definition) is 4. The molecule has 0 fully saturated rings. The molecule has 0 atom stereocenters. The number of carbonyl (C=O) groups is 1. The highest BCUT2D eigenvalue weighted by Crippen LogP contribution is 2.12. The highest BCUT2D eigenvalue weighted by molar-refractivity contribution is 6.03. The van der Waals surface area contributed by atoms with Gasteiger partial charge in [-0.15, -0.1) is 10.2 Å². The van der Waals surface area contributed by atoms with Gasteiger partial charge in [0.25, 0.3) is 5.91 Å². The number of hydrogen-bond donors (Lipinski definition) is 2. The van der Waals surface area contributed by atoms with Crippen molar-refractivity contribution in [1.82, 2.24) is 10.2 Å². The van der Waals surface area contributed by atoms with Gasteiger partial charge in [0.05, 0.1) is 0 Å². The van der Waals surface area contributed by atoms with E-state index in [1.807, 2.05) is 19.1 Å². The Hall–Kier alpha value is -3.28. The van der Waals surface area contributed by atoms with Crippen molar-refractivity contribution in [3.05, 3.63) is 83.2 Å². The topological polar surface area (TPSA) is 66.9 Å². The molecule has 1 aromatic heterocycles. The van der Waals surface area contributed by atoms with Gasteiger partial charge in [-0.3, -0.25) is 4.79 Å². The van der Waals surface area contributed by atoms with E-state index in [4.69, 9.17) is 0 Å². The third-order valence-corrected chi connectivity index (χ3v) is 3.64. The van der Waals surface area contributed by atoms with Crippen LogP contribution in [0.25, 0.3) is 0 Å². The van der Waals surface area contributed by atoms with Crippen molar-refractivity contribution in [2.45, 2.75) is 13.5 Å². The molecule has 5 nitrogen and oxygen atoms in total. The van der Waals surface area contributed by atoms with Gasteiger partial charge in [0.1, 0.15) is 11.6 Å². The fourth-order valence-corrected chi connectivity index (χ4v) is 2.21. The third kappa shape index (κ3) is 4.38. The minimum absolute atomic E-state index is 0.249. The smallest absolute Gasteiger partial charge is 0.256 e. The highest BCUT2D eigenvalue weighted by atomic mass is 19.1. The van der Waals surface area contributed by atoms with Crippen LogP contribution in [0.5, 0.6) is 0 Å². The molecule has 6 heteroatoms. The van der Waals surface area contributed by atoms with E-state index in [9.17, 15) is 9.18 Å². The summed E-state index contributed by atoms with van der Waals surface area (Å²) in [5, 5.41) is 13.6. The van der Waals surface area contributed by atoms with Crippen LogP contribution < -0.4 is 10.6 Å². The molecule has 0 aliphatic carbocycles. The summed E-state index contributed by atoms with van der Waals surface area (Å²) < 4.78 is 13.6. The summed E-state index contributed by atoms with van der Waals surface area (Å²) in [6, 6.07) is 17.1. The Balaban J connectivity index is 1.59. The summed E-state index contributed by atoms with van der Waals surface area (Å²) in [5.41, 5.74) is 2.18. The summed E-state index contributed by atoms with van der Waals surface area (Å²) in [7, 11) is 0. The second kappa shape index (κ2) is 7.53. The molecule has 0 unspecified atom stereocenters. The first kappa shape index (κ1) is 16.6. The van der Waals surface area contributed by atoms with Crippen LogP contribution in [0, 0.1) is 12.7 Å². The Morgan fingerprint density at radius 2 is 1.64 bits per heavy atom. The number of halogens is 1. The number of nitrogens with zero attached hydrogens (tertiary/aromatic N) is 2. The quantitative estimate of drug-likeness (QED) is 0.744. The van der Waals surface area contributed by atoms with Crippen LogP contribution in [0.1, 0.15) is 21.5 Å². The van der Waals surface area contributed by atoms with Crippen LogP contribution in [0.2, 0.25) is 0 Å². The zero-order valence-electron chi connectivity index (χ0n) is 13.7. The Kier molecular flexibility index (Phi) is 4.99. The normalized spacial score (nSPS) is 10.3. The number of benzene rings is 2. The van der Waals surface area contributed by atoms with Crippen molar-refractivity contribution in [2.75, 3.05) is 10.6 Å². The predicted molar refractivity (Wildman–Crippen MR) is 94.9 cm³/mol. The molecule has 2 aromatic carbocycles. The zero-order valence-corrected chi connectivity index (χ0v) is 13.7. The lowest BCUT2D eigenvalue weighted by atomic mass is 10.1. The molecule has 0 saturated carbocycles. The van der Waals surface area contributed by atoms with Gasteiger partial charge in [0.2, 0.25) is 0 Å². The molecule has 126 valence electrons. The molecule has 2 N–H and O–H groups in total. The van der Waals surface area contributed by atoms with Gasteiger partial charge in [-0.05, 0) is 37.3 Å². The number of nitrogens with one attached hydrogen (secondary N) is 2. The number of carbonyl (C=O) groups excluding carboxylic acids is 1. The lowest BCUT2D eigenvalue weighted by Gasteiger charge is -2.07. The molecule has 1 amide bonds. The SMILES string of the molecule is Cc1ccc(C(=O)Nc2ccc(NCc3ccccc3F)nn2)cc1. The van der Waals surface area contributed by atoms with Crippen molar-refractivity contribution in [3.8, 4) is 0 Å². The fourth-order valence-electron chi connectivity index (χ4n) is 2.21. The first-order valence-electron chi connectivity index (χ1n) is 7.81. The van der Waals surface area contributed by atoms with Crippen LogP contribution in [-0.2, 0) is 6.54 Å². The van der Waals surface area contributed by atoms with Crippen molar-refractivity contribution in [2.24, 2.45) is 0 Å². The van der Waals surface area contributed by atoms with Gasteiger partial charge >= 0.3 is 0 Å². The van der Waals surface area contributed by atoms with E-state index < -0.39 is 0 Å². The Labute approximate surface area is 144 Å². The van der Waals surface area contributed by atoms with Crippen LogP contribution in [0.15, 0.2) is 60.7 Å². The van der Waals surface area contributed by atoms with Gasteiger partial charge in [0, 0.05) is 17.7 Å². The second-order valence-corrected chi connectivity index (χ2v) is 5.57. The van der Waals surface area contributed by atoms with E-state index in [0.717, 1.165) is 5.56 Å². The average Bonchev–Trinajstić information content (AvgIpc) is 2.63. The van der Waals surface area contributed by atoms with Crippen LogP contribution in [0.4, 0.5) is 16.0 Å². The first-order chi connectivity index (χ1) is 12.1. The maximum absolute atomic E-state index is 13.6. The van der Waals surface area contributed by atoms with E-state index in [1.54, 1.807) is 42.5 Å². The number of aryl methyl sites for hydroxylation is 1. The minimum Gasteiger partial charge on any atom is -0.364 e. The molecule has 1 heterocycles. The van der Waals surface area contributed by atoms with Crippen LogP contribution in [-0.4, -0.2) is 16.1 Å². The molecule has 25 heavy (non-hydrogen) atoms. The number of aromatic nitrogens is 2. The van der Waals surface area contributed by atoms with Crippen molar-refractivity contribution in [1.29, 1.82) is 0 Å². The number of rotatable bonds is 5. The van der Waals surface area contributed by atoms with E-state index in [-0.39, 0.29) is 11.7 Å². The zero-order chi connectivity index (χ0) is 17.6. The summed E-state index contributed by atoms with van der Waals surface area (Å²) >= 11 is 0. The van der Waals surface area contributed by atoms with Gasteiger partial charge in [-0.25, -0.2) is 4.39 Å². The molecule has 3 aromatic rings. The Morgan fingerprint density at radius 3 is 2.32 bits per heavy atom. The second-order valence-electron chi connectivity index (χ2n) is 5.57. The summed E-state index contributed by atoms with van der Waals surface area (Å²) in [6.07, 6.45) is 0. The summed E-state index contributed by atoms with van der Waals surface area (Å²) in [6.45, 7) is 2.26. The molecular weight excluding hydrogens is 319 g/mol. The summed E-state index contributed by atoms with van der Waals surface area (Å²) in [5.74, 6) is 0.324. The minimum atomic E-state index is -0.273. The van der Waals surface area contributed by atoms with E-state index >= 15 is 0 Å². The lowest BCUT2D eigenvalue weighted by Crippen LogP contribution is -2.13. The molecule has 0 aliphatic rings. The molecule has 0 aliphatic heterocycles. The predicted octanol–water partition coefficient (Wildman–Crippen LogP) is 3.79. The molecule has 0 radical (unpaired) electrons. The van der Waals surface area contributed by atoms with E-state index in [0.29, 0.717) is 29.3 Å². The number of anilines is 2. The highest BCUT2D eigenvalue weighted by Gasteiger charge is 2.07. The molecule has 0 saturated heterocycles. The fraction of sp³-hybridized carbons (Fsp3) is 0.105. The van der Waals surface area contributed by atoms with E-state index in [1.165, 1.54) is 6.07 Å². The Bertz CT molecular complexity index is 863. The van der Waals surface area contributed by atoms with Crippen molar-refractivity contribution < 1.29 is 9.18 Å². The summed E-state index contributed by atoms with van der Waals surface area (Å²) in [4.78, 5) is 12.1. The maximum atomic E-state index is 13.6. The van der Waals surface area contributed by atoms with Crippen LogP contribution in [0.3, 0.4) is 0 Å². The van der Waals surface area contributed by atoms with E-state index in [2.05, 4.69) is 20.8 Å². The van der Waals surface area contributed by atoms with Gasteiger partial charge < -0.3 is 10.6 Å². The van der Waals surface area contributed by atoms with Crippen LogP contribution >= 0.6 is 0 Å². The molecule has 0 spiro atoms. The molecule has 0 bridgehead atoms. The largest absolute Gasteiger partial charge is 0.364 e. The van der Waals surface area contributed by atoms with Crippen molar-refractivity contribution in [3.63, 3.8) is 0 Å². The monoisotopic (exact) mass is 336 g/mol. The molecular formula is C19H17FN4O. The van der Waals surface area contributed by atoms with Crippen molar-refractivity contribution >= 4 is 17.5 Å². The van der Waals surface area contributed by atoms with Gasteiger partial charge in [0.15, 0.2) is 5.82 Å².